The summed E-state index contributed by atoms with van der Waals surface area (Å²) in [4.78, 5) is 12.0. The summed E-state index contributed by atoms with van der Waals surface area (Å²) in [6.07, 6.45) is 4.98. The highest BCUT2D eigenvalue weighted by atomic mass is 79.9. The third-order valence-corrected chi connectivity index (χ3v) is 5.24. The van der Waals surface area contributed by atoms with E-state index in [-0.39, 0.29) is 11.7 Å². The highest BCUT2D eigenvalue weighted by Crippen LogP contribution is 2.35. The third-order valence-electron chi connectivity index (χ3n) is 4.71. The molecule has 0 radical (unpaired) electrons. The first kappa shape index (κ1) is 16.7. The molecule has 1 fully saturated rings. The number of halogens is 1. The van der Waals surface area contributed by atoms with Crippen LogP contribution in [0.1, 0.15) is 57.9 Å². The number of Topliss-reactive ketones (excluding diaryl/α,β-unsaturated/α-hetero) is 1. The summed E-state index contributed by atoms with van der Waals surface area (Å²) in [6, 6.07) is 8.67. The number of hydrogen-bond acceptors (Lipinski definition) is 2. The van der Waals surface area contributed by atoms with Gasteiger partial charge in [-0.25, -0.2) is 0 Å². The Balaban J connectivity index is 1.92. The molecule has 0 spiro atoms. The molecule has 3 heteroatoms. The van der Waals surface area contributed by atoms with Crippen molar-refractivity contribution < 1.29 is 4.79 Å². The van der Waals surface area contributed by atoms with Crippen LogP contribution in [0.15, 0.2) is 28.7 Å². The Labute approximate surface area is 136 Å². The quantitative estimate of drug-likeness (QED) is 0.834. The van der Waals surface area contributed by atoms with Gasteiger partial charge in [0.2, 0.25) is 0 Å². The molecule has 1 aliphatic carbocycles. The Morgan fingerprint density at radius 3 is 2.38 bits per heavy atom. The second-order valence-electron chi connectivity index (χ2n) is 7.06. The monoisotopic (exact) mass is 351 g/mol. The molecular formula is C18H26BrNO. The van der Waals surface area contributed by atoms with Gasteiger partial charge in [0.05, 0.1) is 5.92 Å². The molecule has 1 saturated carbocycles. The van der Waals surface area contributed by atoms with E-state index in [0.29, 0.717) is 11.5 Å². The second-order valence-corrected chi connectivity index (χ2v) is 7.98. The molecule has 0 unspecified atom stereocenters. The average molecular weight is 352 g/mol. The van der Waals surface area contributed by atoms with E-state index in [9.17, 15) is 4.79 Å². The number of hydrogen-bond donors (Lipinski definition) is 1. The first-order valence-electron chi connectivity index (χ1n) is 7.87. The second kappa shape index (κ2) is 7.06. The van der Waals surface area contributed by atoms with Crippen molar-refractivity contribution >= 4 is 21.7 Å². The van der Waals surface area contributed by atoms with Gasteiger partial charge in [-0.2, -0.15) is 0 Å². The van der Waals surface area contributed by atoms with Crippen molar-refractivity contribution in [2.75, 3.05) is 6.54 Å². The third kappa shape index (κ3) is 4.93. The first-order chi connectivity index (χ1) is 9.87. The predicted molar refractivity (Wildman–Crippen MR) is 91.6 cm³/mol. The Kier molecular flexibility index (Phi) is 5.61. The normalized spacial score (nSPS) is 20.2. The molecule has 116 valence electrons. The lowest BCUT2D eigenvalue weighted by atomic mass is 9.75. The summed E-state index contributed by atoms with van der Waals surface area (Å²) in [7, 11) is 0. The maximum Gasteiger partial charge on any atom is 0.138 e. The number of carbonyl (C=O) groups excluding carboxylic acids is 1. The van der Waals surface area contributed by atoms with E-state index in [4.69, 9.17) is 0 Å². The summed E-state index contributed by atoms with van der Waals surface area (Å²) in [5, 5.41) is 3.62. The topological polar surface area (TPSA) is 29.1 Å². The van der Waals surface area contributed by atoms with E-state index >= 15 is 0 Å². The molecule has 21 heavy (non-hydrogen) atoms. The molecule has 1 aromatic carbocycles. The van der Waals surface area contributed by atoms with Crippen LogP contribution >= 0.6 is 15.9 Å². The Bertz CT molecular complexity index is 470. The predicted octanol–water partition coefficient (Wildman–Crippen LogP) is 4.68. The molecule has 0 aliphatic heterocycles. The van der Waals surface area contributed by atoms with Crippen molar-refractivity contribution in [1.29, 1.82) is 0 Å². The van der Waals surface area contributed by atoms with Gasteiger partial charge in [0.15, 0.2) is 0 Å². The molecule has 0 aromatic heterocycles. The fraction of sp³-hybridized carbons (Fsp3) is 0.611. The maximum atomic E-state index is 12.0. The van der Waals surface area contributed by atoms with Gasteiger partial charge < -0.3 is 5.32 Å². The molecule has 0 heterocycles. The van der Waals surface area contributed by atoms with Gasteiger partial charge >= 0.3 is 0 Å². The van der Waals surface area contributed by atoms with Crippen LogP contribution in [0, 0.1) is 5.41 Å². The minimum absolute atomic E-state index is 0.0342. The SMILES string of the molecule is CC(=O)[C@H](CNC1CCC(C)(C)CC1)c1ccc(Br)cc1. The van der Waals surface area contributed by atoms with Crippen LogP contribution in [0.4, 0.5) is 0 Å². The minimum atomic E-state index is -0.0342. The van der Waals surface area contributed by atoms with Crippen LogP contribution in [-0.2, 0) is 4.79 Å². The molecule has 0 saturated heterocycles. The molecule has 2 nitrogen and oxygen atoms in total. The summed E-state index contributed by atoms with van der Waals surface area (Å²) in [5.41, 5.74) is 1.60. The van der Waals surface area contributed by atoms with Crippen molar-refractivity contribution in [1.82, 2.24) is 5.32 Å². The zero-order valence-electron chi connectivity index (χ0n) is 13.3. The molecule has 1 N–H and O–H groups in total. The lowest BCUT2D eigenvalue weighted by Crippen LogP contribution is -2.38. The number of rotatable bonds is 5. The highest BCUT2D eigenvalue weighted by molar-refractivity contribution is 9.10. The lowest BCUT2D eigenvalue weighted by Gasteiger charge is -2.35. The van der Waals surface area contributed by atoms with Crippen LogP contribution < -0.4 is 5.32 Å². The molecule has 2 rings (SSSR count). The Morgan fingerprint density at radius 2 is 1.86 bits per heavy atom. The van der Waals surface area contributed by atoms with Gasteiger partial charge in [0, 0.05) is 17.1 Å². The molecule has 1 aliphatic rings. The van der Waals surface area contributed by atoms with E-state index in [1.165, 1.54) is 25.7 Å². The van der Waals surface area contributed by atoms with Crippen molar-refractivity contribution in [3.05, 3.63) is 34.3 Å². The van der Waals surface area contributed by atoms with Crippen molar-refractivity contribution in [2.45, 2.75) is 58.4 Å². The van der Waals surface area contributed by atoms with Crippen molar-refractivity contribution in [2.24, 2.45) is 5.41 Å². The van der Waals surface area contributed by atoms with E-state index in [1.54, 1.807) is 6.92 Å². The summed E-state index contributed by atoms with van der Waals surface area (Å²) < 4.78 is 1.05. The van der Waals surface area contributed by atoms with E-state index < -0.39 is 0 Å². The van der Waals surface area contributed by atoms with Crippen LogP contribution in [0.3, 0.4) is 0 Å². The molecule has 0 amide bonds. The van der Waals surface area contributed by atoms with Crippen molar-refractivity contribution in [3.8, 4) is 0 Å². The average Bonchev–Trinajstić information content (AvgIpc) is 2.42. The van der Waals surface area contributed by atoms with Gasteiger partial charge in [-0.3, -0.25) is 4.79 Å². The van der Waals surface area contributed by atoms with Crippen LogP contribution in [0.2, 0.25) is 0 Å². The summed E-state index contributed by atoms with van der Waals surface area (Å²) in [5.74, 6) is 0.203. The van der Waals surface area contributed by atoms with Crippen LogP contribution in [-0.4, -0.2) is 18.4 Å². The largest absolute Gasteiger partial charge is 0.313 e. The van der Waals surface area contributed by atoms with Gasteiger partial charge in [-0.15, -0.1) is 0 Å². The highest BCUT2D eigenvalue weighted by Gasteiger charge is 2.27. The number of carbonyl (C=O) groups is 1. The van der Waals surface area contributed by atoms with Gasteiger partial charge in [-0.1, -0.05) is 41.9 Å². The Morgan fingerprint density at radius 1 is 1.29 bits per heavy atom. The first-order valence-corrected chi connectivity index (χ1v) is 8.66. The van der Waals surface area contributed by atoms with Crippen LogP contribution in [0.5, 0.6) is 0 Å². The van der Waals surface area contributed by atoms with E-state index in [1.807, 2.05) is 24.3 Å². The lowest BCUT2D eigenvalue weighted by molar-refractivity contribution is -0.118. The van der Waals surface area contributed by atoms with Gasteiger partial charge in [0.1, 0.15) is 5.78 Å². The smallest absolute Gasteiger partial charge is 0.138 e. The fourth-order valence-electron chi connectivity index (χ4n) is 3.08. The summed E-state index contributed by atoms with van der Waals surface area (Å²) in [6.45, 7) is 7.15. The zero-order valence-corrected chi connectivity index (χ0v) is 14.9. The Hall–Kier alpha value is -0.670. The molecule has 1 aromatic rings. The zero-order chi connectivity index (χ0) is 15.5. The van der Waals surface area contributed by atoms with Crippen LogP contribution in [0.25, 0.3) is 0 Å². The summed E-state index contributed by atoms with van der Waals surface area (Å²) >= 11 is 3.44. The molecule has 0 bridgehead atoms. The number of nitrogens with one attached hydrogen (secondary N) is 1. The van der Waals surface area contributed by atoms with Gasteiger partial charge in [-0.05, 0) is 55.7 Å². The molecular weight excluding hydrogens is 326 g/mol. The molecule has 1 atom stereocenters. The van der Waals surface area contributed by atoms with E-state index in [2.05, 4.69) is 35.1 Å². The standard InChI is InChI=1S/C18H26BrNO/c1-13(21)17(14-4-6-15(19)7-5-14)12-20-16-8-10-18(2,3)11-9-16/h4-7,16-17,20H,8-12H2,1-3H3/t17-/m0/s1. The number of ketones is 1. The minimum Gasteiger partial charge on any atom is -0.313 e. The number of benzene rings is 1. The fourth-order valence-corrected chi connectivity index (χ4v) is 3.34. The van der Waals surface area contributed by atoms with E-state index in [0.717, 1.165) is 16.6 Å². The maximum absolute atomic E-state index is 12.0. The van der Waals surface area contributed by atoms with Gasteiger partial charge in [0.25, 0.3) is 0 Å². The van der Waals surface area contributed by atoms with Crippen molar-refractivity contribution in [3.63, 3.8) is 0 Å².